The van der Waals surface area contributed by atoms with Gasteiger partial charge in [-0.1, -0.05) is 6.92 Å². The molecule has 0 aromatic carbocycles. The van der Waals surface area contributed by atoms with E-state index in [9.17, 15) is 0 Å². The highest BCUT2D eigenvalue weighted by Gasteiger charge is 2.17. The number of nitrogens with one attached hydrogen (secondary N) is 2. The molecule has 4 heteroatoms. The average molecular weight is 181 g/mol. The Morgan fingerprint density at radius 3 is 3.23 bits per heavy atom. The van der Waals surface area contributed by atoms with E-state index < -0.39 is 0 Å². The average Bonchev–Trinajstić information content (AvgIpc) is 2.67. The number of ether oxygens (including phenoxy) is 1. The van der Waals surface area contributed by atoms with Crippen LogP contribution in [0.4, 0.5) is 0 Å². The van der Waals surface area contributed by atoms with Crippen LogP contribution in [-0.4, -0.2) is 29.7 Å². The van der Waals surface area contributed by atoms with Crippen molar-refractivity contribution in [3.8, 4) is 0 Å². The van der Waals surface area contributed by atoms with Crippen LogP contribution >= 0.6 is 0 Å². The third-order valence-corrected chi connectivity index (χ3v) is 2.26. The van der Waals surface area contributed by atoms with Crippen LogP contribution in [0.5, 0.6) is 0 Å². The van der Waals surface area contributed by atoms with Crippen molar-refractivity contribution in [2.75, 3.05) is 19.7 Å². The molecule has 1 atom stereocenters. The van der Waals surface area contributed by atoms with Gasteiger partial charge in [-0.25, -0.2) is 4.98 Å². The summed E-state index contributed by atoms with van der Waals surface area (Å²) in [6.45, 7) is 4.68. The molecule has 0 spiro atoms. The number of imidazole rings is 1. The van der Waals surface area contributed by atoms with Crippen molar-refractivity contribution in [1.29, 1.82) is 0 Å². The summed E-state index contributed by atoms with van der Waals surface area (Å²) in [4.78, 5) is 7.55. The zero-order valence-electron chi connectivity index (χ0n) is 7.84. The zero-order valence-corrected chi connectivity index (χ0v) is 7.84. The highest BCUT2D eigenvalue weighted by molar-refractivity contribution is 5.04. The number of nitrogens with zero attached hydrogens (tertiary/aromatic N) is 1. The van der Waals surface area contributed by atoms with Crippen molar-refractivity contribution in [2.45, 2.75) is 19.4 Å². The van der Waals surface area contributed by atoms with Crippen LogP contribution in [0.15, 0.2) is 6.20 Å². The Labute approximate surface area is 77.7 Å². The second-order valence-electron chi connectivity index (χ2n) is 3.21. The van der Waals surface area contributed by atoms with Gasteiger partial charge in [0, 0.05) is 25.0 Å². The molecule has 2 heterocycles. The normalized spacial score (nSPS) is 23.3. The highest BCUT2D eigenvalue weighted by Crippen LogP contribution is 2.15. The first-order chi connectivity index (χ1) is 6.40. The molecule has 13 heavy (non-hydrogen) atoms. The van der Waals surface area contributed by atoms with E-state index in [1.807, 2.05) is 6.20 Å². The molecule has 0 bridgehead atoms. The molecule has 1 aromatic rings. The summed E-state index contributed by atoms with van der Waals surface area (Å²) >= 11 is 0. The summed E-state index contributed by atoms with van der Waals surface area (Å²) in [7, 11) is 0. The molecule has 0 radical (unpaired) electrons. The molecule has 1 aliphatic heterocycles. The van der Waals surface area contributed by atoms with E-state index in [2.05, 4.69) is 22.2 Å². The van der Waals surface area contributed by atoms with Gasteiger partial charge in [0.1, 0.15) is 11.9 Å². The van der Waals surface area contributed by atoms with Crippen molar-refractivity contribution < 1.29 is 4.74 Å². The summed E-state index contributed by atoms with van der Waals surface area (Å²) in [5.74, 6) is 0.948. The smallest absolute Gasteiger partial charge is 0.136 e. The summed E-state index contributed by atoms with van der Waals surface area (Å²) in [6, 6.07) is 0. The fourth-order valence-electron chi connectivity index (χ4n) is 1.46. The second kappa shape index (κ2) is 3.89. The van der Waals surface area contributed by atoms with Crippen molar-refractivity contribution in [2.24, 2.45) is 0 Å². The number of morpholine rings is 1. The minimum atomic E-state index is 0.106. The zero-order chi connectivity index (χ0) is 9.10. The number of aryl methyl sites for hydroxylation is 1. The molecule has 0 aliphatic carbocycles. The van der Waals surface area contributed by atoms with Gasteiger partial charge in [-0.2, -0.15) is 0 Å². The van der Waals surface area contributed by atoms with Gasteiger partial charge in [0.05, 0.1) is 6.61 Å². The van der Waals surface area contributed by atoms with Crippen molar-refractivity contribution in [1.82, 2.24) is 15.3 Å². The van der Waals surface area contributed by atoms with Crippen LogP contribution in [0.25, 0.3) is 0 Å². The standard InChI is InChI=1S/C9H15N3O/c1-2-7-5-11-9(12-7)8-6-10-3-4-13-8/h5,8,10H,2-4,6H2,1H3,(H,11,12). The number of hydrogen-bond acceptors (Lipinski definition) is 3. The third kappa shape index (κ3) is 1.89. The van der Waals surface area contributed by atoms with Gasteiger partial charge < -0.3 is 15.0 Å². The molecule has 72 valence electrons. The number of aromatic amines is 1. The second-order valence-corrected chi connectivity index (χ2v) is 3.21. The summed E-state index contributed by atoms with van der Waals surface area (Å²) in [6.07, 6.45) is 2.98. The molecule has 1 fully saturated rings. The first-order valence-electron chi connectivity index (χ1n) is 4.76. The first kappa shape index (κ1) is 8.72. The maximum atomic E-state index is 5.57. The fraction of sp³-hybridized carbons (Fsp3) is 0.667. The summed E-state index contributed by atoms with van der Waals surface area (Å²) in [5.41, 5.74) is 1.17. The van der Waals surface area contributed by atoms with Gasteiger partial charge >= 0.3 is 0 Å². The van der Waals surface area contributed by atoms with Crippen LogP contribution in [-0.2, 0) is 11.2 Å². The minimum Gasteiger partial charge on any atom is -0.368 e. The van der Waals surface area contributed by atoms with Gasteiger partial charge in [-0.15, -0.1) is 0 Å². The SMILES string of the molecule is CCc1cnc(C2CNCCO2)[nH]1. The minimum absolute atomic E-state index is 0.106. The van der Waals surface area contributed by atoms with Gasteiger partial charge in [-0.3, -0.25) is 0 Å². The predicted molar refractivity (Wildman–Crippen MR) is 49.5 cm³/mol. The Morgan fingerprint density at radius 1 is 1.69 bits per heavy atom. The van der Waals surface area contributed by atoms with E-state index in [1.165, 1.54) is 5.69 Å². The van der Waals surface area contributed by atoms with Gasteiger partial charge in [0.2, 0.25) is 0 Å². The first-order valence-corrected chi connectivity index (χ1v) is 4.76. The largest absolute Gasteiger partial charge is 0.368 e. The van der Waals surface area contributed by atoms with Gasteiger partial charge in [0.15, 0.2) is 0 Å². The van der Waals surface area contributed by atoms with E-state index >= 15 is 0 Å². The van der Waals surface area contributed by atoms with Gasteiger partial charge in [-0.05, 0) is 6.42 Å². The Kier molecular flexibility index (Phi) is 2.61. The van der Waals surface area contributed by atoms with Crippen LogP contribution < -0.4 is 5.32 Å². The lowest BCUT2D eigenvalue weighted by Crippen LogP contribution is -2.33. The maximum Gasteiger partial charge on any atom is 0.136 e. The van der Waals surface area contributed by atoms with Crippen LogP contribution in [0.1, 0.15) is 24.5 Å². The third-order valence-electron chi connectivity index (χ3n) is 2.26. The molecular formula is C9H15N3O. The summed E-state index contributed by atoms with van der Waals surface area (Å²) < 4.78 is 5.57. The van der Waals surface area contributed by atoms with E-state index in [-0.39, 0.29) is 6.10 Å². The Hall–Kier alpha value is -0.870. The molecule has 1 saturated heterocycles. The molecule has 4 nitrogen and oxygen atoms in total. The van der Waals surface area contributed by atoms with E-state index in [4.69, 9.17) is 4.74 Å². The molecule has 1 aliphatic rings. The lowest BCUT2D eigenvalue weighted by atomic mass is 10.3. The van der Waals surface area contributed by atoms with Crippen molar-refractivity contribution in [3.05, 3.63) is 17.7 Å². The quantitative estimate of drug-likeness (QED) is 0.703. The molecule has 0 amide bonds. The van der Waals surface area contributed by atoms with Crippen LogP contribution in [0.3, 0.4) is 0 Å². The number of rotatable bonds is 2. The number of H-pyrrole nitrogens is 1. The molecule has 2 rings (SSSR count). The van der Waals surface area contributed by atoms with E-state index in [0.717, 1.165) is 31.9 Å². The maximum absolute atomic E-state index is 5.57. The predicted octanol–water partition coefficient (Wildman–Crippen LogP) is 0.633. The molecular weight excluding hydrogens is 166 g/mol. The van der Waals surface area contributed by atoms with Crippen molar-refractivity contribution in [3.63, 3.8) is 0 Å². The van der Waals surface area contributed by atoms with Gasteiger partial charge in [0.25, 0.3) is 0 Å². The molecule has 1 aromatic heterocycles. The molecule has 1 unspecified atom stereocenters. The van der Waals surface area contributed by atoms with Crippen LogP contribution in [0, 0.1) is 0 Å². The Morgan fingerprint density at radius 2 is 2.62 bits per heavy atom. The molecule has 0 saturated carbocycles. The molecule has 2 N–H and O–H groups in total. The number of aromatic nitrogens is 2. The van der Waals surface area contributed by atoms with Crippen molar-refractivity contribution >= 4 is 0 Å². The monoisotopic (exact) mass is 181 g/mol. The van der Waals surface area contributed by atoms with Crippen LogP contribution in [0.2, 0.25) is 0 Å². The fourth-order valence-corrected chi connectivity index (χ4v) is 1.46. The van der Waals surface area contributed by atoms with E-state index in [1.54, 1.807) is 0 Å². The topological polar surface area (TPSA) is 49.9 Å². The Balaban J connectivity index is 2.05. The number of hydrogen-bond donors (Lipinski definition) is 2. The van der Waals surface area contributed by atoms with E-state index in [0.29, 0.717) is 0 Å². The lowest BCUT2D eigenvalue weighted by Gasteiger charge is -2.21. The summed E-state index contributed by atoms with van der Waals surface area (Å²) in [5, 5.41) is 3.28. The Bertz CT molecular complexity index is 266. The highest BCUT2D eigenvalue weighted by atomic mass is 16.5. The lowest BCUT2D eigenvalue weighted by molar-refractivity contribution is 0.0226.